The fourth-order valence-electron chi connectivity index (χ4n) is 1.16. The lowest BCUT2D eigenvalue weighted by molar-refractivity contribution is 0.975. The predicted molar refractivity (Wildman–Crippen MR) is 59.3 cm³/mol. The second-order valence-electron chi connectivity index (χ2n) is 2.96. The quantitative estimate of drug-likeness (QED) is 0.779. The Morgan fingerprint density at radius 1 is 1.07 bits per heavy atom. The van der Waals surface area contributed by atoms with Crippen molar-refractivity contribution in [3.8, 4) is 0 Å². The van der Waals surface area contributed by atoms with Crippen LogP contribution in [0.25, 0.3) is 0 Å². The summed E-state index contributed by atoms with van der Waals surface area (Å²) in [7, 11) is 1.88. The normalized spacial score (nSPS) is 10.0. The summed E-state index contributed by atoms with van der Waals surface area (Å²) in [5.41, 5.74) is 0. The minimum absolute atomic E-state index is 0.383. The maximum Gasteiger partial charge on any atom is 0.156 e. The molecule has 0 aliphatic rings. The van der Waals surface area contributed by atoms with Crippen molar-refractivity contribution < 1.29 is 0 Å². The molecule has 2 aromatic rings. The predicted octanol–water partition coefficient (Wildman–Crippen LogP) is 2.29. The minimum Gasteiger partial charge on any atom is -0.313 e. The van der Waals surface area contributed by atoms with Crippen LogP contribution in [0.1, 0.15) is 0 Å². The summed E-state index contributed by atoms with van der Waals surface area (Å²) >= 11 is 5.65. The Morgan fingerprint density at radius 2 is 1.93 bits per heavy atom. The molecule has 0 atom stereocenters. The van der Waals surface area contributed by atoms with Gasteiger partial charge in [0.15, 0.2) is 11.0 Å². The zero-order valence-electron chi connectivity index (χ0n) is 8.13. The van der Waals surface area contributed by atoms with E-state index in [9.17, 15) is 0 Å². The molecule has 0 bridgehead atoms. The van der Waals surface area contributed by atoms with E-state index in [1.54, 1.807) is 18.3 Å². The van der Waals surface area contributed by atoms with Gasteiger partial charge in [-0.2, -0.15) is 0 Å². The average molecular weight is 221 g/mol. The van der Waals surface area contributed by atoms with E-state index >= 15 is 0 Å². The topological polar surface area (TPSA) is 41.9 Å². The molecule has 4 nitrogen and oxygen atoms in total. The Bertz CT molecular complexity index is 429. The largest absolute Gasteiger partial charge is 0.313 e. The van der Waals surface area contributed by atoms with Gasteiger partial charge in [-0.05, 0) is 24.3 Å². The highest BCUT2D eigenvalue weighted by molar-refractivity contribution is 6.29. The summed E-state index contributed by atoms with van der Waals surface area (Å²) in [6.07, 6.45) is 1.73. The molecule has 0 radical (unpaired) electrons. The Morgan fingerprint density at radius 3 is 2.53 bits per heavy atom. The van der Waals surface area contributed by atoms with Gasteiger partial charge < -0.3 is 4.90 Å². The van der Waals surface area contributed by atoms with Crippen molar-refractivity contribution in [2.24, 2.45) is 0 Å². The number of hydrogen-bond acceptors (Lipinski definition) is 4. The first-order valence-corrected chi connectivity index (χ1v) is 4.79. The molecule has 0 aliphatic carbocycles. The standard InChI is InChI=1S/C10H9ClN4/c1-15(9-4-2-3-7-12-9)10-6-5-8(11)13-14-10/h2-7H,1H3. The van der Waals surface area contributed by atoms with Gasteiger partial charge >= 0.3 is 0 Å². The summed E-state index contributed by atoms with van der Waals surface area (Å²) in [6.45, 7) is 0. The third-order valence-electron chi connectivity index (χ3n) is 1.95. The average Bonchev–Trinajstić information content (AvgIpc) is 2.30. The molecule has 76 valence electrons. The monoisotopic (exact) mass is 220 g/mol. The molecule has 5 heteroatoms. The summed E-state index contributed by atoms with van der Waals surface area (Å²) < 4.78 is 0. The van der Waals surface area contributed by atoms with E-state index in [0.717, 1.165) is 5.82 Å². The van der Waals surface area contributed by atoms with Crippen LogP contribution < -0.4 is 4.90 Å². The van der Waals surface area contributed by atoms with Crippen LogP contribution in [-0.4, -0.2) is 22.2 Å². The van der Waals surface area contributed by atoms with Gasteiger partial charge in [0, 0.05) is 13.2 Å². The molecule has 0 saturated heterocycles. The van der Waals surface area contributed by atoms with Crippen LogP contribution in [-0.2, 0) is 0 Å². The highest BCUT2D eigenvalue weighted by Crippen LogP contribution is 2.18. The van der Waals surface area contributed by atoms with E-state index in [2.05, 4.69) is 15.2 Å². The van der Waals surface area contributed by atoms with Gasteiger partial charge in [0.2, 0.25) is 0 Å². The van der Waals surface area contributed by atoms with E-state index < -0.39 is 0 Å². The maximum absolute atomic E-state index is 5.65. The Hall–Kier alpha value is -1.68. The first kappa shape index (κ1) is 9.86. The second kappa shape index (κ2) is 4.23. The Labute approximate surface area is 92.5 Å². The minimum atomic E-state index is 0.383. The lowest BCUT2D eigenvalue weighted by Crippen LogP contribution is -2.12. The molecule has 0 amide bonds. The number of nitrogens with zero attached hydrogens (tertiary/aromatic N) is 4. The fraction of sp³-hybridized carbons (Fsp3) is 0.100. The van der Waals surface area contributed by atoms with E-state index in [1.165, 1.54) is 0 Å². The molecular weight excluding hydrogens is 212 g/mol. The smallest absolute Gasteiger partial charge is 0.156 e. The number of anilines is 2. The van der Waals surface area contributed by atoms with Crippen LogP contribution in [0, 0.1) is 0 Å². The van der Waals surface area contributed by atoms with Crippen LogP contribution in [0.15, 0.2) is 36.5 Å². The van der Waals surface area contributed by atoms with Crippen molar-refractivity contribution in [1.82, 2.24) is 15.2 Å². The number of pyridine rings is 1. The van der Waals surface area contributed by atoms with Gasteiger partial charge in [-0.1, -0.05) is 17.7 Å². The zero-order chi connectivity index (χ0) is 10.7. The van der Waals surface area contributed by atoms with Gasteiger partial charge in [-0.15, -0.1) is 10.2 Å². The molecule has 0 saturated carbocycles. The lowest BCUT2D eigenvalue weighted by atomic mass is 10.4. The highest BCUT2D eigenvalue weighted by Gasteiger charge is 2.05. The van der Waals surface area contributed by atoms with E-state index in [4.69, 9.17) is 11.6 Å². The van der Waals surface area contributed by atoms with E-state index in [1.807, 2.05) is 30.1 Å². The summed E-state index contributed by atoms with van der Waals surface area (Å²) in [5.74, 6) is 1.52. The number of aromatic nitrogens is 3. The van der Waals surface area contributed by atoms with Crippen LogP contribution in [0.5, 0.6) is 0 Å². The van der Waals surface area contributed by atoms with Gasteiger partial charge in [0.1, 0.15) is 5.82 Å². The van der Waals surface area contributed by atoms with Crippen molar-refractivity contribution in [3.05, 3.63) is 41.7 Å². The van der Waals surface area contributed by atoms with Gasteiger partial charge in [-0.25, -0.2) is 4.98 Å². The lowest BCUT2D eigenvalue weighted by Gasteiger charge is -2.15. The molecular formula is C10H9ClN4. The molecule has 0 aromatic carbocycles. The van der Waals surface area contributed by atoms with Crippen molar-refractivity contribution in [2.75, 3.05) is 11.9 Å². The summed E-state index contributed by atoms with van der Waals surface area (Å²) in [6, 6.07) is 9.18. The summed E-state index contributed by atoms with van der Waals surface area (Å²) in [4.78, 5) is 6.04. The van der Waals surface area contributed by atoms with Crippen LogP contribution >= 0.6 is 11.6 Å². The zero-order valence-corrected chi connectivity index (χ0v) is 8.89. The first-order valence-electron chi connectivity index (χ1n) is 4.41. The molecule has 2 heterocycles. The van der Waals surface area contributed by atoms with Gasteiger partial charge in [0.25, 0.3) is 0 Å². The third-order valence-corrected chi connectivity index (χ3v) is 2.16. The van der Waals surface area contributed by atoms with Gasteiger partial charge in [0.05, 0.1) is 0 Å². The van der Waals surface area contributed by atoms with Crippen LogP contribution in [0.4, 0.5) is 11.6 Å². The maximum atomic E-state index is 5.65. The highest BCUT2D eigenvalue weighted by atomic mass is 35.5. The van der Waals surface area contributed by atoms with Gasteiger partial charge in [-0.3, -0.25) is 0 Å². The molecule has 0 unspecified atom stereocenters. The molecule has 15 heavy (non-hydrogen) atoms. The van der Waals surface area contributed by atoms with Crippen LogP contribution in [0.3, 0.4) is 0 Å². The number of rotatable bonds is 2. The van der Waals surface area contributed by atoms with E-state index in [0.29, 0.717) is 11.0 Å². The SMILES string of the molecule is CN(c1ccccn1)c1ccc(Cl)nn1. The molecule has 2 rings (SSSR count). The van der Waals surface area contributed by atoms with Crippen molar-refractivity contribution >= 4 is 23.2 Å². The summed E-state index contributed by atoms with van der Waals surface area (Å²) in [5, 5.41) is 8.11. The molecule has 2 aromatic heterocycles. The van der Waals surface area contributed by atoms with Crippen molar-refractivity contribution in [1.29, 1.82) is 0 Å². The Balaban J connectivity index is 2.29. The molecule has 0 fully saturated rings. The van der Waals surface area contributed by atoms with E-state index in [-0.39, 0.29) is 0 Å². The second-order valence-corrected chi connectivity index (χ2v) is 3.35. The molecule has 0 aliphatic heterocycles. The van der Waals surface area contributed by atoms with Crippen LogP contribution in [0.2, 0.25) is 5.15 Å². The van der Waals surface area contributed by atoms with Crippen molar-refractivity contribution in [3.63, 3.8) is 0 Å². The number of halogens is 1. The Kier molecular flexibility index (Phi) is 2.78. The molecule has 0 N–H and O–H groups in total. The number of hydrogen-bond donors (Lipinski definition) is 0. The fourth-order valence-corrected chi connectivity index (χ4v) is 1.26. The third kappa shape index (κ3) is 2.22. The first-order chi connectivity index (χ1) is 7.27. The van der Waals surface area contributed by atoms with Crippen molar-refractivity contribution in [2.45, 2.75) is 0 Å². The molecule has 0 spiro atoms.